The number of halogens is 2. The van der Waals surface area contributed by atoms with Crippen LogP contribution in [-0.2, 0) is 0 Å². The van der Waals surface area contributed by atoms with E-state index in [4.69, 9.17) is 4.52 Å². The van der Waals surface area contributed by atoms with Crippen molar-refractivity contribution in [3.63, 3.8) is 0 Å². The summed E-state index contributed by atoms with van der Waals surface area (Å²) in [5, 5.41) is 3.85. The van der Waals surface area contributed by atoms with E-state index in [1.54, 1.807) is 41.3 Å². The molecule has 0 saturated carbocycles. The Morgan fingerprint density at radius 2 is 1.67 bits per heavy atom. The highest BCUT2D eigenvalue weighted by molar-refractivity contribution is 5.93. The Balaban J connectivity index is 1.43. The third-order valence-electron chi connectivity index (χ3n) is 4.62. The molecule has 0 spiro atoms. The first-order valence-electron chi connectivity index (χ1n) is 8.63. The molecule has 138 valence electrons. The maximum Gasteiger partial charge on any atom is 0.276 e. The summed E-state index contributed by atoms with van der Waals surface area (Å²) in [7, 11) is 0. The van der Waals surface area contributed by atoms with Gasteiger partial charge in [-0.1, -0.05) is 17.3 Å². The fourth-order valence-electron chi connectivity index (χ4n) is 3.15. The van der Waals surface area contributed by atoms with Crippen molar-refractivity contribution in [2.75, 3.05) is 31.1 Å². The molecule has 1 aromatic heterocycles. The first-order valence-corrected chi connectivity index (χ1v) is 8.63. The van der Waals surface area contributed by atoms with Crippen molar-refractivity contribution in [2.24, 2.45) is 0 Å². The van der Waals surface area contributed by atoms with Crippen LogP contribution in [-0.4, -0.2) is 42.1 Å². The monoisotopic (exact) mass is 369 g/mol. The highest BCUT2D eigenvalue weighted by Gasteiger charge is 2.25. The van der Waals surface area contributed by atoms with Crippen LogP contribution < -0.4 is 4.90 Å². The Bertz CT molecular complexity index is 948. The van der Waals surface area contributed by atoms with E-state index in [1.165, 1.54) is 18.2 Å². The molecular formula is C20H17F2N3O2. The minimum atomic E-state index is -0.345. The number of hydrogen-bond acceptors (Lipinski definition) is 4. The zero-order valence-electron chi connectivity index (χ0n) is 14.4. The Labute approximate surface area is 154 Å². The van der Waals surface area contributed by atoms with Gasteiger partial charge in [0.05, 0.1) is 5.69 Å². The Morgan fingerprint density at radius 1 is 0.963 bits per heavy atom. The number of piperazine rings is 1. The highest BCUT2D eigenvalue weighted by atomic mass is 19.1. The molecule has 1 aliphatic heterocycles. The molecule has 1 aliphatic rings. The molecule has 4 rings (SSSR count). The van der Waals surface area contributed by atoms with Gasteiger partial charge in [-0.05, 0) is 36.4 Å². The molecule has 5 nitrogen and oxygen atoms in total. The average molecular weight is 369 g/mol. The summed E-state index contributed by atoms with van der Waals surface area (Å²) in [6.07, 6.45) is 0. The molecule has 2 heterocycles. The third kappa shape index (κ3) is 3.53. The van der Waals surface area contributed by atoms with Crippen LogP contribution in [0.25, 0.3) is 11.3 Å². The second-order valence-electron chi connectivity index (χ2n) is 6.31. The van der Waals surface area contributed by atoms with E-state index in [0.717, 1.165) is 0 Å². The van der Waals surface area contributed by atoms with Crippen LogP contribution in [0, 0.1) is 11.6 Å². The zero-order chi connectivity index (χ0) is 18.8. The Hall–Kier alpha value is -3.22. The SMILES string of the molecule is O=C(c1cc(-c2ccc(F)cc2)on1)N1CCN(c2ccccc2F)CC1. The average Bonchev–Trinajstić information content (AvgIpc) is 3.19. The second-order valence-corrected chi connectivity index (χ2v) is 6.31. The van der Waals surface area contributed by atoms with Gasteiger partial charge in [0.25, 0.3) is 5.91 Å². The van der Waals surface area contributed by atoms with Crippen LogP contribution in [0.5, 0.6) is 0 Å². The smallest absolute Gasteiger partial charge is 0.276 e. The number of hydrogen-bond donors (Lipinski definition) is 0. The number of nitrogens with zero attached hydrogens (tertiary/aromatic N) is 3. The minimum Gasteiger partial charge on any atom is -0.366 e. The Morgan fingerprint density at radius 3 is 2.37 bits per heavy atom. The van der Waals surface area contributed by atoms with E-state index >= 15 is 0 Å². The van der Waals surface area contributed by atoms with Gasteiger partial charge in [-0.2, -0.15) is 0 Å². The lowest BCUT2D eigenvalue weighted by Gasteiger charge is -2.35. The molecule has 0 aliphatic carbocycles. The van der Waals surface area contributed by atoms with Crippen molar-refractivity contribution in [3.8, 4) is 11.3 Å². The van der Waals surface area contributed by atoms with Crippen molar-refractivity contribution in [3.05, 3.63) is 71.9 Å². The number of rotatable bonds is 3. The van der Waals surface area contributed by atoms with Gasteiger partial charge in [0.1, 0.15) is 11.6 Å². The number of carbonyl (C=O) groups is 1. The number of aromatic nitrogens is 1. The largest absolute Gasteiger partial charge is 0.366 e. The van der Waals surface area contributed by atoms with Crippen LogP contribution in [0.3, 0.4) is 0 Å². The van der Waals surface area contributed by atoms with Gasteiger partial charge in [-0.3, -0.25) is 4.79 Å². The van der Waals surface area contributed by atoms with E-state index in [0.29, 0.717) is 43.2 Å². The molecule has 0 unspecified atom stereocenters. The first kappa shape index (κ1) is 17.2. The summed E-state index contributed by atoms with van der Waals surface area (Å²) in [6.45, 7) is 2.00. The van der Waals surface area contributed by atoms with Crippen molar-refractivity contribution < 1.29 is 18.1 Å². The molecule has 7 heteroatoms. The summed E-state index contributed by atoms with van der Waals surface area (Å²) in [6, 6.07) is 13.9. The molecule has 0 radical (unpaired) electrons. The third-order valence-corrected chi connectivity index (χ3v) is 4.62. The molecule has 3 aromatic rings. The summed E-state index contributed by atoms with van der Waals surface area (Å²) in [4.78, 5) is 16.3. The van der Waals surface area contributed by atoms with E-state index in [9.17, 15) is 13.6 Å². The van der Waals surface area contributed by atoms with E-state index < -0.39 is 0 Å². The molecule has 2 aromatic carbocycles. The molecule has 1 fully saturated rings. The normalized spacial score (nSPS) is 14.4. The van der Waals surface area contributed by atoms with Crippen LogP contribution in [0.1, 0.15) is 10.5 Å². The molecule has 0 bridgehead atoms. The molecule has 27 heavy (non-hydrogen) atoms. The quantitative estimate of drug-likeness (QED) is 0.708. The van der Waals surface area contributed by atoms with Gasteiger partial charge in [0.2, 0.25) is 0 Å². The molecule has 1 amide bonds. The van der Waals surface area contributed by atoms with Gasteiger partial charge in [0.15, 0.2) is 11.5 Å². The van der Waals surface area contributed by atoms with E-state index in [-0.39, 0.29) is 23.2 Å². The molecular weight excluding hydrogens is 352 g/mol. The number of para-hydroxylation sites is 1. The van der Waals surface area contributed by atoms with E-state index in [1.807, 2.05) is 4.90 Å². The lowest BCUT2D eigenvalue weighted by molar-refractivity contribution is 0.0736. The number of amides is 1. The van der Waals surface area contributed by atoms with Crippen LogP contribution >= 0.6 is 0 Å². The van der Waals surface area contributed by atoms with Crippen LogP contribution in [0.2, 0.25) is 0 Å². The first-order chi connectivity index (χ1) is 13.1. The van der Waals surface area contributed by atoms with Crippen molar-refractivity contribution in [1.29, 1.82) is 0 Å². The molecule has 0 N–H and O–H groups in total. The highest BCUT2D eigenvalue weighted by Crippen LogP contribution is 2.23. The van der Waals surface area contributed by atoms with Crippen molar-refractivity contribution in [1.82, 2.24) is 10.1 Å². The lowest BCUT2D eigenvalue weighted by Crippen LogP contribution is -2.49. The maximum atomic E-state index is 13.9. The minimum absolute atomic E-state index is 0.202. The topological polar surface area (TPSA) is 49.6 Å². The van der Waals surface area contributed by atoms with Crippen LogP contribution in [0.15, 0.2) is 59.1 Å². The summed E-state index contributed by atoms with van der Waals surface area (Å²) >= 11 is 0. The maximum absolute atomic E-state index is 13.9. The summed E-state index contributed by atoms with van der Waals surface area (Å²) in [5.41, 5.74) is 1.39. The van der Waals surface area contributed by atoms with Crippen molar-refractivity contribution in [2.45, 2.75) is 0 Å². The van der Waals surface area contributed by atoms with Gasteiger partial charge >= 0.3 is 0 Å². The second kappa shape index (κ2) is 7.19. The summed E-state index contributed by atoms with van der Waals surface area (Å²) < 4.78 is 32.2. The molecule has 1 saturated heterocycles. The van der Waals surface area contributed by atoms with Crippen molar-refractivity contribution >= 4 is 11.6 Å². The van der Waals surface area contributed by atoms with Gasteiger partial charge in [-0.25, -0.2) is 8.78 Å². The van der Waals surface area contributed by atoms with Gasteiger partial charge in [-0.15, -0.1) is 0 Å². The number of anilines is 1. The Kier molecular flexibility index (Phi) is 4.58. The van der Waals surface area contributed by atoms with Crippen LogP contribution in [0.4, 0.5) is 14.5 Å². The van der Waals surface area contributed by atoms with Gasteiger partial charge in [0, 0.05) is 37.8 Å². The number of carbonyl (C=O) groups excluding carboxylic acids is 1. The number of benzene rings is 2. The zero-order valence-corrected chi connectivity index (χ0v) is 14.4. The lowest BCUT2D eigenvalue weighted by atomic mass is 10.1. The van der Waals surface area contributed by atoms with E-state index in [2.05, 4.69) is 5.16 Å². The van der Waals surface area contributed by atoms with Gasteiger partial charge < -0.3 is 14.3 Å². The molecule has 0 atom stereocenters. The predicted molar refractivity (Wildman–Crippen MR) is 96.4 cm³/mol. The summed E-state index contributed by atoms with van der Waals surface area (Å²) in [5.74, 6) is -0.441. The fourth-order valence-corrected chi connectivity index (χ4v) is 3.15. The fraction of sp³-hybridized carbons (Fsp3) is 0.200. The predicted octanol–water partition coefficient (Wildman–Crippen LogP) is 3.58. The standard InChI is InChI=1S/C20H17F2N3O2/c21-15-7-5-14(6-8-15)19-13-17(23-27-19)20(26)25-11-9-24(10-12-25)18-4-2-1-3-16(18)22/h1-8,13H,9-12H2.